The summed E-state index contributed by atoms with van der Waals surface area (Å²) in [7, 11) is -3.49. The van der Waals surface area contributed by atoms with Crippen LogP contribution in [0.1, 0.15) is 13.8 Å². The zero-order chi connectivity index (χ0) is 11.5. The maximum absolute atomic E-state index is 11.6. The second-order valence-electron chi connectivity index (χ2n) is 3.71. The molecule has 1 atom stereocenters. The van der Waals surface area contributed by atoms with Gasteiger partial charge in [0.25, 0.3) is 0 Å². The summed E-state index contributed by atoms with van der Waals surface area (Å²) in [4.78, 5) is 2.84. The van der Waals surface area contributed by atoms with Crippen LogP contribution < -0.4 is 4.72 Å². The summed E-state index contributed by atoms with van der Waals surface area (Å²) < 4.78 is 25.5. The van der Waals surface area contributed by atoms with Gasteiger partial charge in [0, 0.05) is 18.9 Å². The third-order valence-corrected chi connectivity index (χ3v) is 3.55. The molecule has 0 bridgehead atoms. The number of rotatable bonds is 5. The Kier molecular flexibility index (Phi) is 3.90. The van der Waals surface area contributed by atoms with Crippen LogP contribution in [0.3, 0.4) is 0 Å². The highest BCUT2D eigenvalue weighted by Gasteiger charge is 2.17. The lowest BCUT2D eigenvalue weighted by molar-refractivity contribution is 0.129. The average molecular weight is 232 g/mol. The van der Waals surface area contributed by atoms with Crippen LogP contribution in [0.15, 0.2) is 23.4 Å². The van der Waals surface area contributed by atoms with Crippen LogP contribution >= 0.6 is 0 Å². The Morgan fingerprint density at radius 2 is 2.20 bits per heavy atom. The van der Waals surface area contributed by atoms with Gasteiger partial charge in [-0.2, -0.15) is 0 Å². The fourth-order valence-electron chi connectivity index (χ4n) is 0.990. The Bertz CT molecular complexity index is 383. The molecule has 0 fully saturated rings. The summed E-state index contributed by atoms with van der Waals surface area (Å²) in [6, 6.07) is 1.46. The molecule has 0 saturated carbocycles. The minimum Gasteiger partial charge on any atom is -0.391 e. The minimum atomic E-state index is -3.49. The minimum absolute atomic E-state index is 0.0268. The number of aliphatic hydroxyl groups is 1. The van der Waals surface area contributed by atoms with Crippen molar-refractivity contribution in [2.75, 3.05) is 6.54 Å². The summed E-state index contributed by atoms with van der Waals surface area (Å²) in [5.74, 6) is 0.0268. The van der Waals surface area contributed by atoms with Crippen LogP contribution in [0.2, 0.25) is 0 Å². The SMILES string of the molecule is CC(C)C(O)CNS(=O)(=O)c1cc[nH]c1. The topological polar surface area (TPSA) is 82.2 Å². The predicted molar refractivity (Wildman–Crippen MR) is 56.8 cm³/mol. The fraction of sp³-hybridized carbons (Fsp3) is 0.556. The zero-order valence-corrected chi connectivity index (χ0v) is 9.58. The van der Waals surface area contributed by atoms with Crippen LogP contribution in [0, 0.1) is 5.92 Å². The van der Waals surface area contributed by atoms with E-state index in [0.29, 0.717) is 0 Å². The molecule has 0 aliphatic rings. The van der Waals surface area contributed by atoms with Crippen molar-refractivity contribution < 1.29 is 13.5 Å². The third-order valence-electron chi connectivity index (χ3n) is 2.13. The van der Waals surface area contributed by atoms with E-state index in [1.165, 1.54) is 18.5 Å². The van der Waals surface area contributed by atoms with E-state index in [-0.39, 0.29) is 17.4 Å². The van der Waals surface area contributed by atoms with Crippen LogP contribution in [-0.4, -0.2) is 31.2 Å². The highest BCUT2D eigenvalue weighted by Crippen LogP contribution is 2.07. The lowest BCUT2D eigenvalue weighted by Crippen LogP contribution is -2.34. The molecule has 1 rings (SSSR count). The highest BCUT2D eigenvalue weighted by atomic mass is 32.2. The fourth-order valence-corrected chi connectivity index (χ4v) is 2.02. The maximum Gasteiger partial charge on any atom is 0.242 e. The molecule has 86 valence electrons. The van der Waals surface area contributed by atoms with Crippen LogP contribution in [-0.2, 0) is 10.0 Å². The average Bonchev–Trinajstić information content (AvgIpc) is 2.67. The lowest BCUT2D eigenvalue weighted by Gasteiger charge is -2.14. The molecule has 0 saturated heterocycles. The quantitative estimate of drug-likeness (QED) is 0.683. The smallest absolute Gasteiger partial charge is 0.242 e. The first-order valence-electron chi connectivity index (χ1n) is 4.74. The standard InChI is InChI=1S/C9H16N2O3S/c1-7(2)9(12)6-11-15(13,14)8-3-4-10-5-8/h3-5,7,9-12H,6H2,1-2H3. The van der Waals surface area contributed by atoms with Gasteiger partial charge in [-0.1, -0.05) is 13.8 Å². The zero-order valence-electron chi connectivity index (χ0n) is 8.77. The van der Waals surface area contributed by atoms with Crippen molar-refractivity contribution in [2.24, 2.45) is 5.92 Å². The molecular formula is C9H16N2O3S. The van der Waals surface area contributed by atoms with E-state index in [4.69, 9.17) is 0 Å². The molecule has 0 aliphatic carbocycles. The number of hydrogen-bond donors (Lipinski definition) is 3. The number of H-pyrrole nitrogens is 1. The molecule has 1 aromatic heterocycles. The number of hydrogen-bond acceptors (Lipinski definition) is 3. The highest BCUT2D eigenvalue weighted by molar-refractivity contribution is 7.89. The number of aromatic nitrogens is 1. The normalized spacial score (nSPS) is 14.4. The van der Waals surface area contributed by atoms with Crippen molar-refractivity contribution in [1.29, 1.82) is 0 Å². The summed E-state index contributed by atoms with van der Waals surface area (Å²) >= 11 is 0. The van der Waals surface area contributed by atoms with Gasteiger partial charge < -0.3 is 10.1 Å². The van der Waals surface area contributed by atoms with E-state index in [0.717, 1.165) is 0 Å². The van der Waals surface area contributed by atoms with Crippen molar-refractivity contribution in [3.05, 3.63) is 18.5 Å². The molecule has 15 heavy (non-hydrogen) atoms. The molecule has 6 heteroatoms. The van der Waals surface area contributed by atoms with E-state index in [1.807, 2.05) is 13.8 Å². The molecular weight excluding hydrogens is 216 g/mol. The summed E-state index contributed by atoms with van der Waals surface area (Å²) in [6.45, 7) is 3.69. The van der Waals surface area contributed by atoms with Crippen molar-refractivity contribution in [2.45, 2.75) is 24.8 Å². The van der Waals surface area contributed by atoms with Crippen LogP contribution in [0.5, 0.6) is 0 Å². The molecule has 0 radical (unpaired) electrons. The summed E-state index contributed by atoms with van der Waals surface area (Å²) in [5, 5.41) is 9.45. The van der Waals surface area contributed by atoms with Gasteiger partial charge >= 0.3 is 0 Å². The Morgan fingerprint density at radius 1 is 1.53 bits per heavy atom. The number of sulfonamides is 1. The molecule has 1 heterocycles. The summed E-state index contributed by atoms with van der Waals surface area (Å²) in [5.41, 5.74) is 0. The van der Waals surface area contributed by atoms with Crippen LogP contribution in [0.4, 0.5) is 0 Å². The van der Waals surface area contributed by atoms with Crippen molar-refractivity contribution >= 4 is 10.0 Å². The molecule has 5 nitrogen and oxygen atoms in total. The molecule has 0 aromatic carbocycles. The van der Waals surface area contributed by atoms with Gasteiger partial charge in [0.05, 0.1) is 11.0 Å². The first-order chi connectivity index (χ1) is 6.93. The summed E-state index contributed by atoms with van der Waals surface area (Å²) in [6.07, 6.45) is 2.26. The van der Waals surface area contributed by atoms with E-state index in [9.17, 15) is 13.5 Å². The van der Waals surface area contributed by atoms with Gasteiger partial charge in [0.15, 0.2) is 0 Å². The molecule has 0 amide bonds. The molecule has 1 aromatic rings. The second kappa shape index (κ2) is 4.78. The van der Waals surface area contributed by atoms with E-state index in [2.05, 4.69) is 9.71 Å². The predicted octanol–water partition coefficient (Wildman–Crippen LogP) is 0.310. The molecule has 1 unspecified atom stereocenters. The molecule has 3 N–H and O–H groups in total. The number of nitrogens with one attached hydrogen (secondary N) is 2. The Balaban J connectivity index is 2.59. The Morgan fingerprint density at radius 3 is 2.67 bits per heavy atom. The maximum atomic E-state index is 11.6. The largest absolute Gasteiger partial charge is 0.391 e. The molecule has 0 aliphatic heterocycles. The van der Waals surface area contributed by atoms with E-state index >= 15 is 0 Å². The number of aromatic amines is 1. The van der Waals surface area contributed by atoms with Gasteiger partial charge in [-0.05, 0) is 12.0 Å². The molecule has 0 spiro atoms. The Labute approximate surface area is 89.6 Å². The van der Waals surface area contributed by atoms with Gasteiger partial charge in [-0.3, -0.25) is 0 Å². The van der Waals surface area contributed by atoms with Gasteiger partial charge in [-0.15, -0.1) is 0 Å². The first-order valence-corrected chi connectivity index (χ1v) is 6.22. The third kappa shape index (κ3) is 3.33. The van der Waals surface area contributed by atoms with Crippen molar-refractivity contribution in [1.82, 2.24) is 9.71 Å². The van der Waals surface area contributed by atoms with Crippen molar-refractivity contribution in [3.8, 4) is 0 Å². The van der Waals surface area contributed by atoms with E-state index < -0.39 is 16.1 Å². The monoisotopic (exact) mass is 232 g/mol. The van der Waals surface area contributed by atoms with Crippen LogP contribution in [0.25, 0.3) is 0 Å². The first kappa shape index (κ1) is 12.2. The van der Waals surface area contributed by atoms with Gasteiger partial charge in [-0.25, -0.2) is 13.1 Å². The van der Waals surface area contributed by atoms with E-state index in [1.54, 1.807) is 0 Å². The Hall–Kier alpha value is -0.850. The second-order valence-corrected chi connectivity index (χ2v) is 5.48. The lowest BCUT2D eigenvalue weighted by atomic mass is 10.1. The van der Waals surface area contributed by atoms with Gasteiger partial charge in [0.2, 0.25) is 10.0 Å². The van der Waals surface area contributed by atoms with Gasteiger partial charge in [0.1, 0.15) is 0 Å². The van der Waals surface area contributed by atoms with Crippen molar-refractivity contribution in [3.63, 3.8) is 0 Å². The number of aliphatic hydroxyl groups excluding tert-OH is 1.